The Kier molecular flexibility index (Phi) is 5.11. The van der Waals surface area contributed by atoms with Gasteiger partial charge in [0.25, 0.3) is 0 Å². The molecule has 0 unspecified atom stereocenters. The van der Waals surface area contributed by atoms with Gasteiger partial charge in [-0.2, -0.15) is 5.10 Å². The summed E-state index contributed by atoms with van der Waals surface area (Å²) >= 11 is 1.57. The topological polar surface area (TPSA) is 53.1 Å². The Balaban J connectivity index is 1.69. The third kappa shape index (κ3) is 4.23. The molecule has 0 fully saturated rings. The predicted octanol–water partition coefficient (Wildman–Crippen LogP) is 4.41. The standard InChI is InChI=1S/C18H18N4S/c1-23-18(19-13-14-8-4-2-5-9-14)20-17-12-16(21-22-17)15-10-6-3-7-11-15/h2-12H,13H2,1H3,(H2,19,20,21,22). The predicted molar refractivity (Wildman–Crippen MR) is 98.7 cm³/mol. The van der Waals surface area contributed by atoms with Crippen LogP contribution in [0.4, 0.5) is 5.82 Å². The molecule has 0 bridgehead atoms. The van der Waals surface area contributed by atoms with Gasteiger partial charge in [-0.3, -0.25) is 10.1 Å². The van der Waals surface area contributed by atoms with Crippen LogP contribution in [0.25, 0.3) is 11.3 Å². The van der Waals surface area contributed by atoms with Crippen molar-refractivity contribution in [2.75, 3.05) is 11.6 Å². The van der Waals surface area contributed by atoms with Crippen molar-refractivity contribution in [1.82, 2.24) is 10.2 Å². The lowest BCUT2D eigenvalue weighted by molar-refractivity contribution is 1.07. The van der Waals surface area contributed by atoms with E-state index in [1.54, 1.807) is 11.8 Å². The van der Waals surface area contributed by atoms with Gasteiger partial charge in [0, 0.05) is 6.07 Å². The molecule has 0 atom stereocenters. The average Bonchev–Trinajstić information content (AvgIpc) is 3.09. The lowest BCUT2D eigenvalue weighted by Crippen LogP contribution is -2.08. The molecule has 1 aromatic heterocycles. The summed E-state index contributed by atoms with van der Waals surface area (Å²) in [6.45, 7) is 0.653. The first-order valence-corrected chi connectivity index (χ1v) is 8.58. The fraction of sp³-hybridized carbons (Fsp3) is 0.111. The van der Waals surface area contributed by atoms with Crippen molar-refractivity contribution in [2.24, 2.45) is 4.99 Å². The van der Waals surface area contributed by atoms with Crippen LogP contribution in [0, 0.1) is 0 Å². The van der Waals surface area contributed by atoms with E-state index in [0.29, 0.717) is 6.54 Å². The monoisotopic (exact) mass is 322 g/mol. The fourth-order valence-electron chi connectivity index (χ4n) is 2.16. The van der Waals surface area contributed by atoms with E-state index in [2.05, 4.69) is 44.8 Å². The summed E-state index contributed by atoms with van der Waals surface area (Å²) in [6.07, 6.45) is 2.00. The number of aromatic amines is 1. The molecule has 0 aliphatic carbocycles. The number of thioether (sulfide) groups is 1. The molecule has 5 heteroatoms. The normalized spacial score (nSPS) is 11.4. The molecule has 0 saturated carbocycles. The van der Waals surface area contributed by atoms with E-state index >= 15 is 0 Å². The van der Waals surface area contributed by atoms with Gasteiger partial charge in [-0.1, -0.05) is 72.4 Å². The molecule has 0 spiro atoms. The fourth-order valence-corrected chi connectivity index (χ4v) is 2.56. The summed E-state index contributed by atoms with van der Waals surface area (Å²) in [5, 5.41) is 11.5. The summed E-state index contributed by atoms with van der Waals surface area (Å²) in [5.41, 5.74) is 3.28. The molecule has 2 aromatic carbocycles. The average molecular weight is 322 g/mol. The summed E-state index contributed by atoms with van der Waals surface area (Å²) in [7, 11) is 0. The second-order valence-corrected chi connectivity index (χ2v) is 5.76. The second kappa shape index (κ2) is 7.65. The Morgan fingerprint density at radius 1 is 1.09 bits per heavy atom. The van der Waals surface area contributed by atoms with Crippen molar-refractivity contribution in [3.63, 3.8) is 0 Å². The first kappa shape index (κ1) is 15.4. The number of aromatic nitrogens is 2. The van der Waals surface area contributed by atoms with Gasteiger partial charge in [-0.05, 0) is 17.4 Å². The van der Waals surface area contributed by atoms with Crippen molar-refractivity contribution in [3.8, 4) is 11.3 Å². The van der Waals surface area contributed by atoms with E-state index in [9.17, 15) is 0 Å². The van der Waals surface area contributed by atoms with Gasteiger partial charge in [0.15, 0.2) is 11.0 Å². The van der Waals surface area contributed by atoms with Gasteiger partial charge >= 0.3 is 0 Å². The quantitative estimate of drug-likeness (QED) is 0.552. The number of aliphatic imine (C=N–C) groups is 1. The Morgan fingerprint density at radius 3 is 2.48 bits per heavy atom. The summed E-state index contributed by atoms with van der Waals surface area (Å²) < 4.78 is 0. The van der Waals surface area contributed by atoms with Gasteiger partial charge in [0.2, 0.25) is 0 Å². The number of amidine groups is 1. The van der Waals surface area contributed by atoms with E-state index in [1.807, 2.05) is 48.7 Å². The minimum absolute atomic E-state index is 0.653. The van der Waals surface area contributed by atoms with Crippen LogP contribution in [-0.4, -0.2) is 21.6 Å². The zero-order valence-electron chi connectivity index (χ0n) is 12.9. The SMILES string of the molecule is CSC(=NCc1ccccc1)Nc1cc(-c2ccccc2)[nH]n1. The number of rotatable bonds is 4. The Bertz CT molecular complexity index is 766. The van der Waals surface area contributed by atoms with Crippen LogP contribution in [0.2, 0.25) is 0 Å². The highest BCUT2D eigenvalue weighted by atomic mass is 32.2. The van der Waals surface area contributed by atoms with Crippen LogP contribution in [0.1, 0.15) is 5.56 Å². The van der Waals surface area contributed by atoms with Crippen molar-refractivity contribution in [3.05, 3.63) is 72.3 Å². The smallest absolute Gasteiger partial charge is 0.162 e. The number of hydrogen-bond acceptors (Lipinski definition) is 3. The molecule has 0 saturated heterocycles. The first-order valence-electron chi connectivity index (χ1n) is 7.35. The van der Waals surface area contributed by atoms with Crippen molar-refractivity contribution >= 4 is 22.7 Å². The molecule has 116 valence electrons. The Morgan fingerprint density at radius 2 is 1.78 bits per heavy atom. The van der Waals surface area contributed by atoms with Crippen LogP contribution < -0.4 is 5.32 Å². The van der Waals surface area contributed by atoms with Gasteiger partial charge in [-0.15, -0.1) is 0 Å². The maximum atomic E-state index is 4.60. The van der Waals surface area contributed by atoms with E-state index in [0.717, 1.165) is 22.2 Å². The second-order valence-electron chi connectivity index (χ2n) is 4.97. The van der Waals surface area contributed by atoms with Crippen molar-refractivity contribution in [2.45, 2.75) is 6.54 Å². The molecular weight excluding hydrogens is 304 g/mol. The molecule has 0 amide bonds. The summed E-state index contributed by atoms with van der Waals surface area (Å²) in [4.78, 5) is 4.60. The molecule has 3 rings (SSSR count). The van der Waals surface area contributed by atoms with E-state index < -0.39 is 0 Å². The molecule has 0 aliphatic rings. The third-order valence-corrected chi connectivity index (χ3v) is 3.96. The number of nitrogens with one attached hydrogen (secondary N) is 2. The molecule has 2 N–H and O–H groups in total. The molecular formula is C18H18N4S. The highest BCUT2D eigenvalue weighted by molar-refractivity contribution is 8.13. The number of H-pyrrole nitrogens is 1. The lowest BCUT2D eigenvalue weighted by Gasteiger charge is -2.04. The number of anilines is 1. The van der Waals surface area contributed by atoms with E-state index in [1.165, 1.54) is 5.56 Å². The minimum atomic E-state index is 0.653. The molecule has 1 heterocycles. The van der Waals surface area contributed by atoms with Crippen molar-refractivity contribution < 1.29 is 0 Å². The summed E-state index contributed by atoms with van der Waals surface area (Å²) in [6, 6.07) is 22.3. The van der Waals surface area contributed by atoms with Gasteiger partial charge in [0.1, 0.15) is 0 Å². The minimum Gasteiger partial charge on any atom is -0.318 e. The van der Waals surface area contributed by atoms with Crippen LogP contribution in [0.3, 0.4) is 0 Å². The van der Waals surface area contributed by atoms with Gasteiger partial charge in [0.05, 0.1) is 12.2 Å². The molecule has 23 heavy (non-hydrogen) atoms. The zero-order chi connectivity index (χ0) is 15.9. The molecule has 0 radical (unpaired) electrons. The Hall–Kier alpha value is -2.53. The van der Waals surface area contributed by atoms with Crippen LogP contribution in [-0.2, 0) is 6.54 Å². The lowest BCUT2D eigenvalue weighted by atomic mass is 10.2. The third-order valence-electron chi connectivity index (χ3n) is 3.34. The number of nitrogens with zero attached hydrogens (tertiary/aromatic N) is 2. The van der Waals surface area contributed by atoms with Crippen LogP contribution in [0.5, 0.6) is 0 Å². The van der Waals surface area contributed by atoms with Crippen LogP contribution >= 0.6 is 11.8 Å². The molecule has 0 aliphatic heterocycles. The highest BCUT2D eigenvalue weighted by Crippen LogP contribution is 2.19. The van der Waals surface area contributed by atoms with E-state index in [-0.39, 0.29) is 0 Å². The zero-order valence-corrected chi connectivity index (χ0v) is 13.7. The Labute approximate surface area is 140 Å². The number of hydrogen-bond donors (Lipinski definition) is 2. The molecule has 3 aromatic rings. The summed E-state index contributed by atoms with van der Waals surface area (Å²) in [5.74, 6) is 0.769. The maximum absolute atomic E-state index is 4.60. The van der Waals surface area contributed by atoms with Gasteiger partial charge < -0.3 is 5.32 Å². The largest absolute Gasteiger partial charge is 0.318 e. The number of benzene rings is 2. The molecule has 4 nitrogen and oxygen atoms in total. The maximum Gasteiger partial charge on any atom is 0.162 e. The first-order chi connectivity index (χ1) is 11.3. The van der Waals surface area contributed by atoms with Crippen molar-refractivity contribution in [1.29, 1.82) is 0 Å². The van der Waals surface area contributed by atoms with Crippen LogP contribution in [0.15, 0.2) is 71.7 Å². The van der Waals surface area contributed by atoms with Gasteiger partial charge in [-0.25, -0.2) is 0 Å². The highest BCUT2D eigenvalue weighted by Gasteiger charge is 2.05. The van der Waals surface area contributed by atoms with E-state index in [4.69, 9.17) is 0 Å².